The summed E-state index contributed by atoms with van der Waals surface area (Å²) < 4.78 is 0. The quantitative estimate of drug-likeness (QED) is 0.902. The number of amides is 2. The van der Waals surface area contributed by atoms with Crippen LogP contribution in [0.1, 0.15) is 24.2 Å². The number of aliphatic hydroxyl groups is 1. The number of nitrogens with zero attached hydrogens (tertiary/aromatic N) is 1. The molecule has 0 aliphatic carbocycles. The standard InChI is InChI=1S/C17H20N2O2/c1-12-6-4-5-7-16(12)19(3)17(21)18-15-10-8-14(9-11-15)13(2)20/h4-11,13,20H,1-3H3,(H,18,21). The summed E-state index contributed by atoms with van der Waals surface area (Å²) >= 11 is 0. The molecule has 2 N–H and O–H groups in total. The van der Waals surface area contributed by atoms with E-state index in [0.717, 1.165) is 16.8 Å². The van der Waals surface area contributed by atoms with E-state index in [4.69, 9.17) is 0 Å². The van der Waals surface area contributed by atoms with Crippen molar-refractivity contribution in [2.45, 2.75) is 20.0 Å². The van der Waals surface area contributed by atoms with Crippen LogP contribution in [0.3, 0.4) is 0 Å². The van der Waals surface area contributed by atoms with E-state index in [-0.39, 0.29) is 6.03 Å². The number of para-hydroxylation sites is 1. The number of aryl methyl sites for hydroxylation is 1. The number of urea groups is 1. The topological polar surface area (TPSA) is 52.6 Å². The Bertz CT molecular complexity index is 621. The van der Waals surface area contributed by atoms with Gasteiger partial charge in [0.15, 0.2) is 0 Å². The van der Waals surface area contributed by atoms with Crippen LogP contribution in [0.15, 0.2) is 48.5 Å². The average molecular weight is 284 g/mol. The van der Waals surface area contributed by atoms with E-state index in [0.29, 0.717) is 5.69 Å². The van der Waals surface area contributed by atoms with Crippen molar-refractivity contribution in [3.63, 3.8) is 0 Å². The summed E-state index contributed by atoms with van der Waals surface area (Å²) in [7, 11) is 1.74. The Balaban J connectivity index is 2.09. The van der Waals surface area contributed by atoms with E-state index in [2.05, 4.69) is 5.32 Å². The van der Waals surface area contributed by atoms with Crippen molar-refractivity contribution in [1.82, 2.24) is 0 Å². The number of benzene rings is 2. The molecule has 0 radical (unpaired) electrons. The molecule has 0 aliphatic heterocycles. The highest BCUT2D eigenvalue weighted by Gasteiger charge is 2.12. The summed E-state index contributed by atoms with van der Waals surface area (Å²) in [5, 5.41) is 12.3. The van der Waals surface area contributed by atoms with Crippen LogP contribution >= 0.6 is 0 Å². The predicted molar refractivity (Wildman–Crippen MR) is 85.7 cm³/mol. The molecule has 1 atom stereocenters. The zero-order chi connectivity index (χ0) is 15.4. The van der Waals surface area contributed by atoms with Gasteiger partial charge in [0.05, 0.1) is 6.10 Å². The third-order valence-corrected chi connectivity index (χ3v) is 3.43. The lowest BCUT2D eigenvalue weighted by atomic mass is 10.1. The minimum Gasteiger partial charge on any atom is -0.389 e. The summed E-state index contributed by atoms with van der Waals surface area (Å²) in [4.78, 5) is 13.8. The van der Waals surface area contributed by atoms with Crippen LogP contribution in [0.2, 0.25) is 0 Å². The number of rotatable bonds is 3. The lowest BCUT2D eigenvalue weighted by molar-refractivity contribution is 0.199. The van der Waals surface area contributed by atoms with Gasteiger partial charge < -0.3 is 10.4 Å². The van der Waals surface area contributed by atoms with Gasteiger partial charge >= 0.3 is 6.03 Å². The second-order valence-electron chi connectivity index (χ2n) is 5.07. The van der Waals surface area contributed by atoms with Gasteiger partial charge in [-0.1, -0.05) is 30.3 Å². The van der Waals surface area contributed by atoms with Crippen molar-refractivity contribution >= 4 is 17.4 Å². The molecule has 0 heterocycles. The van der Waals surface area contributed by atoms with Crippen LogP contribution in [0, 0.1) is 6.92 Å². The second kappa shape index (κ2) is 6.41. The molecule has 2 rings (SSSR count). The minimum absolute atomic E-state index is 0.200. The molecular weight excluding hydrogens is 264 g/mol. The Morgan fingerprint density at radius 2 is 1.76 bits per heavy atom. The fraction of sp³-hybridized carbons (Fsp3) is 0.235. The SMILES string of the molecule is Cc1ccccc1N(C)C(=O)Nc1ccc(C(C)O)cc1. The van der Waals surface area contributed by atoms with Gasteiger partial charge in [-0.05, 0) is 43.2 Å². The largest absolute Gasteiger partial charge is 0.389 e. The zero-order valence-electron chi connectivity index (χ0n) is 12.5. The Labute approximate surface area is 125 Å². The van der Waals surface area contributed by atoms with Crippen LogP contribution in [-0.2, 0) is 0 Å². The molecule has 2 aromatic rings. The van der Waals surface area contributed by atoms with E-state index in [9.17, 15) is 9.90 Å². The number of hydrogen-bond donors (Lipinski definition) is 2. The molecule has 0 aliphatic rings. The van der Waals surface area contributed by atoms with Gasteiger partial charge in [0.1, 0.15) is 0 Å². The van der Waals surface area contributed by atoms with Crippen LogP contribution < -0.4 is 10.2 Å². The second-order valence-corrected chi connectivity index (χ2v) is 5.07. The summed E-state index contributed by atoms with van der Waals surface area (Å²) in [5.41, 5.74) is 3.43. The van der Waals surface area contributed by atoms with Crippen molar-refractivity contribution in [2.75, 3.05) is 17.3 Å². The minimum atomic E-state index is -0.510. The maximum absolute atomic E-state index is 12.2. The number of carbonyl (C=O) groups is 1. The average Bonchev–Trinajstić information content (AvgIpc) is 2.47. The molecule has 110 valence electrons. The molecule has 0 fully saturated rings. The van der Waals surface area contributed by atoms with Crippen molar-refractivity contribution < 1.29 is 9.90 Å². The molecule has 4 nitrogen and oxygen atoms in total. The van der Waals surface area contributed by atoms with Crippen LogP contribution in [0.4, 0.5) is 16.2 Å². The maximum atomic E-state index is 12.2. The van der Waals surface area contributed by atoms with E-state index in [1.54, 1.807) is 43.1 Å². The smallest absolute Gasteiger partial charge is 0.326 e. The number of aliphatic hydroxyl groups excluding tert-OH is 1. The van der Waals surface area contributed by atoms with Crippen LogP contribution in [0.5, 0.6) is 0 Å². The lowest BCUT2D eigenvalue weighted by Crippen LogP contribution is -2.31. The van der Waals surface area contributed by atoms with Crippen LogP contribution in [-0.4, -0.2) is 18.2 Å². The van der Waals surface area contributed by atoms with Crippen molar-refractivity contribution in [3.05, 3.63) is 59.7 Å². The Kier molecular flexibility index (Phi) is 4.60. The highest BCUT2D eigenvalue weighted by molar-refractivity contribution is 6.01. The lowest BCUT2D eigenvalue weighted by Gasteiger charge is -2.20. The zero-order valence-corrected chi connectivity index (χ0v) is 12.5. The maximum Gasteiger partial charge on any atom is 0.326 e. The Hall–Kier alpha value is -2.33. The van der Waals surface area contributed by atoms with Crippen molar-refractivity contribution in [2.24, 2.45) is 0 Å². The highest BCUT2D eigenvalue weighted by Crippen LogP contribution is 2.20. The molecule has 0 aromatic heterocycles. The fourth-order valence-corrected chi connectivity index (χ4v) is 2.10. The molecule has 21 heavy (non-hydrogen) atoms. The van der Waals surface area contributed by atoms with E-state index >= 15 is 0 Å². The highest BCUT2D eigenvalue weighted by atomic mass is 16.3. The van der Waals surface area contributed by atoms with Crippen molar-refractivity contribution in [3.8, 4) is 0 Å². The van der Waals surface area contributed by atoms with E-state index < -0.39 is 6.10 Å². The van der Waals surface area contributed by atoms with Gasteiger partial charge in [0.25, 0.3) is 0 Å². The fourth-order valence-electron chi connectivity index (χ4n) is 2.10. The molecule has 0 spiro atoms. The van der Waals surface area contributed by atoms with E-state index in [1.807, 2.05) is 31.2 Å². The third-order valence-electron chi connectivity index (χ3n) is 3.43. The van der Waals surface area contributed by atoms with Gasteiger partial charge in [-0.15, -0.1) is 0 Å². The van der Waals surface area contributed by atoms with Gasteiger partial charge in [-0.2, -0.15) is 0 Å². The molecule has 2 amide bonds. The summed E-state index contributed by atoms with van der Waals surface area (Å²) in [6.45, 7) is 3.68. The molecule has 0 saturated heterocycles. The summed E-state index contributed by atoms with van der Waals surface area (Å²) in [5.74, 6) is 0. The van der Waals surface area contributed by atoms with Crippen molar-refractivity contribution in [1.29, 1.82) is 0 Å². The first kappa shape index (κ1) is 15.1. The first-order valence-electron chi connectivity index (χ1n) is 6.87. The summed E-state index contributed by atoms with van der Waals surface area (Å²) in [6, 6.07) is 14.7. The molecular formula is C17H20N2O2. The first-order valence-corrected chi connectivity index (χ1v) is 6.87. The number of hydrogen-bond acceptors (Lipinski definition) is 2. The summed E-state index contributed by atoms with van der Waals surface area (Å²) in [6.07, 6.45) is -0.510. The molecule has 4 heteroatoms. The monoisotopic (exact) mass is 284 g/mol. The van der Waals surface area contributed by atoms with Gasteiger partial charge in [-0.25, -0.2) is 4.79 Å². The first-order chi connectivity index (χ1) is 9.99. The van der Waals surface area contributed by atoms with E-state index in [1.165, 1.54) is 0 Å². The molecule has 2 aromatic carbocycles. The van der Waals surface area contributed by atoms with Crippen LogP contribution in [0.25, 0.3) is 0 Å². The Morgan fingerprint density at radius 1 is 1.14 bits per heavy atom. The molecule has 0 bridgehead atoms. The normalized spacial score (nSPS) is 11.8. The number of nitrogens with one attached hydrogen (secondary N) is 1. The molecule has 1 unspecified atom stereocenters. The van der Waals surface area contributed by atoms with Gasteiger partial charge in [0.2, 0.25) is 0 Å². The predicted octanol–water partition coefficient (Wildman–Crippen LogP) is 3.72. The molecule has 0 saturated carbocycles. The van der Waals surface area contributed by atoms with Gasteiger partial charge in [0, 0.05) is 18.4 Å². The Morgan fingerprint density at radius 3 is 2.33 bits per heavy atom. The number of carbonyl (C=O) groups excluding carboxylic acids is 1. The number of anilines is 2. The third kappa shape index (κ3) is 3.61. The van der Waals surface area contributed by atoms with Gasteiger partial charge in [-0.3, -0.25) is 4.90 Å².